The molecule has 3 heterocycles. The average Bonchev–Trinajstić information content (AvgIpc) is 2.96. The molecule has 2 fully saturated rings. The summed E-state index contributed by atoms with van der Waals surface area (Å²) in [4.78, 5) is 15.4. The zero-order valence-corrected chi connectivity index (χ0v) is 13.5. The van der Waals surface area contributed by atoms with Crippen LogP contribution in [0.15, 0.2) is 24.2 Å². The Morgan fingerprint density at radius 2 is 1.96 bits per heavy atom. The van der Waals surface area contributed by atoms with Gasteiger partial charge in [-0.1, -0.05) is 24.5 Å². The van der Waals surface area contributed by atoms with Gasteiger partial charge in [0.05, 0.1) is 11.0 Å². The van der Waals surface area contributed by atoms with Crippen molar-refractivity contribution in [3.8, 4) is 0 Å². The average molecular weight is 316 g/mol. The van der Waals surface area contributed by atoms with Gasteiger partial charge in [-0.15, -0.1) is 0 Å². The molecule has 2 aromatic rings. The Morgan fingerprint density at radius 3 is 2.70 bits per heavy atom. The second-order valence-electron chi connectivity index (χ2n) is 6.74. The van der Waals surface area contributed by atoms with Crippen molar-refractivity contribution in [2.75, 3.05) is 7.05 Å². The van der Waals surface area contributed by atoms with E-state index in [9.17, 15) is 4.79 Å². The second kappa shape index (κ2) is 5.64. The maximum absolute atomic E-state index is 12.9. The quantitative estimate of drug-likeness (QED) is 0.925. The van der Waals surface area contributed by atoms with E-state index in [1.54, 1.807) is 7.05 Å². The van der Waals surface area contributed by atoms with Crippen molar-refractivity contribution in [1.82, 2.24) is 20.0 Å². The first-order chi connectivity index (χ1) is 12.8. The number of nitrogens with zero attached hydrogens (tertiary/aromatic N) is 3. The molecule has 2 aliphatic heterocycles. The van der Waals surface area contributed by atoms with Crippen molar-refractivity contribution in [2.45, 2.75) is 50.2 Å². The van der Waals surface area contributed by atoms with E-state index >= 15 is 0 Å². The molecule has 2 atom stereocenters. The van der Waals surface area contributed by atoms with E-state index in [-0.39, 0.29) is 52.7 Å². The van der Waals surface area contributed by atoms with Gasteiger partial charge in [-0.2, -0.15) is 5.10 Å². The zero-order valence-electron chi connectivity index (χ0n) is 17.5. The minimum atomic E-state index is -0.363. The summed E-state index contributed by atoms with van der Waals surface area (Å²) >= 11 is 0. The minimum Gasteiger partial charge on any atom is -0.348 e. The number of carbonyl (C=O) groups is 1. The smallest absolute Gasteiger partial charge is 0.272 e. The van der Waals surface area contributed by atoms with Gasteiger partial charge in [0.2, 0.25) is 0 Å². The number of carbonyl (C=O) groups excluding carboxylic acids is 1. The van der Waals surface area contributed by atoms with E-state index in [4.69, 9.17) is 5.48 Å². The predicted molar refractivity (Wildman–Crippen MR) is 90.4 cm³/mol. The molecule has 0 radical (unpaired) electrons. The lowest BCUT2D eigenvalue weighted by Crippen LogP contribution is -2.55. The summed E-state index contributed by atoms with van der Waals surface area (Å²) in [5.74, 6) is -0.363. The SMILES string of the molecule is [2H]c1c([2H])c([2H])c2c(c(C(=O)NC3C[C@H]4CCC[C@H](C3)N4C)nn2C)c1[2H]. The number of aromatic nitrogens is 2. The molecule has 4 rings (SSSR count). The fourth-order valence-corrected chi connectivity index (χ4v) is 4.12. The number of hydrogen-bond acceptors (Lipinski definition) is 3. The summed E-state index contributed by atoms with van der Waals surface area (Å²) in [7, 11) is 3.76. The Labute approximate surface area is 142 Å². The van der Waals surface area contributed by atoms with Gasteiger partial charge in [0.15, 0.2) is 5.69 Å². The molecule has 0 saturated carbocycles. The highest BCUT2D eigenvalue weighted by Gasteiger charge is 2.36. The monoisotopic (exact) mass is 316 g/mol. The van der Waals surface area contributed by atoms with Crippen LogP contribution in [0.3, 0.4) is 0 Å². The Bertz CT molecular complexity index is 914. The lowest BCUT2D eigenvalue weighted by Gasteiger charge is -2.47. The highest BCUT2D eigenvalue weighted by Crippen LogP contribution is 2.32. The van der Waals surface area contributed by atoms with Crippen LogP contribution in [0.1, 0.15) is 48.1 Å². The van der Waals surface area contributed by atoms with E-state index in [0.717, 1.165) is 25.7 Å². The highest BCUT2D eigenvalue weighted by molar-refractivity contribution is 6.04. The molecule has 2 aliphatic rings. The lowest BCUT2D eigenvalue weighted by molar-refractivity contribution is 0.0462. The molecular weight excluding hydrogens is 288 g/mol. The third-order valence-corrected chi connectivity index (χ3v) is 5.37. The first-order valence-electron chi connectivity index (χ1n) is 10.3. The van der Waals surface area contributed by atoms with Crippen molar-refractivity contribution in [1.29, 1.82) is 0 Å². The van der Waals surface area contributed by atoms with Gasteiger partial charge in [0.1, 0.15) is 0 Å². The maximum Gasteiger partial charge on any atom is 0.272 e. The van der Waals surface area contributed by atoms with E-state index in [1.807, 2.05) is 0 Å². The van der Waals surface area contributed by atoms with Gasteiger partial charge in [-0.3, -0.25) is 9.48 Å². The molecule has 122 valence electrons. The first kappa shape index (κ1) is 10.8. The summed E-state index contributed by atoms with van der Waals surface area (Å²) < 4.78 is 33.4. The van der Waals surface area contributed by atoms with Crippen molar-refractivity contribution >= 4 is 16.8 Å². The fraction of sp³-hybridized carbons (Fsp3) is 0.556. The van der Waals surface area contributed by atoms with E-state index in [1.165, 1.54) is 11.1 Å². The maximum atomic E-state index is 12.9. The van der Waals surface area contributed by atoms with Crippen LogP contribution < -0.4 is 5.32 Å². The number of amides is 1. The number of rotatable bonds is 2. The number of hydrogen-bond donors (Lipinski definition) is 1. The molecule has 23 heavy (non-hydrogen) atoms. The van der Waals surface area contributed by atoms with Crippen molar-refractivity contribution in [2.24, 2.45) is 7.05 Å². The van der Waals surface area contributed by atoms with Gasteiger partial charge >= 0.3 is 0 Å². The van der Waals surface area contributed by atoms with E-state index in [0.29, 0.717) is 12.1 Å². The lowest BCUT2D eigenvalue weighted by atomic mass is 9.82. The second-order valence-corrected chi connectivity index (χ2v) is 6.74. The third-order valence-electron chi connectivity index (χ3n) is 5.37. The van der Waals surface area contributed by atoms with Gasteiger partial charge in [0.25, 0.3) is 5.91 Å². The molecule has 1 aromatic carbocycles. The first-order valence-corrected chi connectivity index (χ1v) is 8.25. The van der Waals surface area contributed by atoms with Crippen LogP contribution in [-0.4, -0.2) is 45.8 Å². The van der Waals surface area contributed by atoms with Gasteiger partial charge in [-0.25, -0.2) is 0 Å². The summed E-state index contributed by atoms with van der Waals surface area (Å²) in [5.41, 5.74) is 0.329. The molecule has 1 N–H and O–H groups in total. The van der Waals surface area contributed by atoms with E-state index < -0.39 is 0 Å². The Kier molecular flexibility index (Phi) is 2.65. The zero-order chi connectivity index (χ0) is 19.5. The Hall–Kier alpha value is -1.88. The van der Waals surface area contributed by atoms with Crippen molar-refractivity contribution in [3.05, 3.63) is 29.9 Å². The highest BCUT2D eigenvalue weighted by atomic mass is 16.2. The Morgan fingerprint density at radius 1 is 1.26 bits per heavy atom. The number of para-hydroxylation sites is 1. The molecule has 5 nitrogen and oxygen atoms in total. The van der Waals surface area contributed by atoms with Gasteiger partial charge < -0.3 is 10.2 Å². The number of fused-ring (bicyclic) bond motifs is 3. The van der Waals surface area contributed by atoms with Crippen LogP contribution in [-0.2, 0) is 7.05 Å². The predicted octanol–water partition coefficient (Wildman–Crippen LogP) is 2.32. The molecule has 2 saturated heterocycles. The summed E-state index contributed by atoms with van der Waals surface area (Å²) in [5, 5.41) is 7.50. The molecule has 2 bridgehead atoms. The van der Waals surface area contributed by atoms with Crippen LogP contribution in [0.4, 0.5) is 0 Å². The largest absolute Gasteiger partial charge is 0.348 e. The van der Waals surface area contributed by atoms with Crippen LogP contribution in [0, 0.1) is 0 Å². The normalized spacial score (nSPS) is 30.4. The topological polar surface area (TPSA) is 50.2 Å². The summed E-state index contributed by atoms with van der Waals surface area (Å²) in [6.45, 7) is 0. The number of aryl methyl sites for hydroxylation is 1. The van der Waals surface area contributed by atoms with Crippen LogP contribution in [0.25, 0.3) is 10.9 Å². The fourth-order valence-electron chi connectivity index (χ4n) is 4.12. The molecule has 0 spiro atoms. The molecule has 0 unspecified atom stereocenters. The number of piperidine rings is 2. The molecule has 1 aromatic heterocycles. The summed E-state index contributed by atoms with van der Waals surface area (Å²) in [6.07, 6.45) is 5.35. The molecule has 1 amide bonds. The molecule has 0 aliphatic carbocycles. The third kappa shape index (κ3) is 2.53. The van der Waals surface area contributed by atoms with Crippen molar-refractivity contribution in [3.63, 3.8) is 0 Å². The van der Waals surface area contributed by atoms with Crippen LogP contribution >= 0.6 is 0 Å². The molecule has 5 heteroatoms. The van der Waals surface area contributed by atoms with Crippen molar-refractivity contribution < 1.29 is 10.3 Å². The number of benzene rings is 1. The molecular formula is C18H24N4O. The van der Waals surface area contributed by atoms with Crippen LogP contribution in [0.5, 0.6) is 0 Å². The summed E-state index contributed by atoms with van der Waals surface area (Å²) in [6, 6.07) is -0.00914. The van der Waals surface area contributed by atoms with Gasteiger partial charge in [-0.05, 0) is 38.8 Å². The standard InChI is InChI=1S/C18H24N4O/c1-21-13-6-5-7-14(21)11-12(10-13)19-18(23)17-15-8-3-4-9-16(15)22(2)20-17/h3-4,8-9,12-14H,5-7,10-11H2,1-2H3,(H,19,23)/t13-,14-/m1/s1/i3D,4D,8D,9D. The van der Waals surface area contributed by atoms with E-state index in [2.05, 4.69) is 22.4 Å². The minimum absolute atomic E-state index is 0.0663. The number of nitrogens with one attached hydrogen (secondary N) is 1. The Balaban J connectivity index is 1.66. The van der Waals surface area contributed by atoms with Gasteiger partial charge in [0, 0.05) is 30.6 Å². The van der Waals surface area contributed by atoms with Crippen LogP contribution in [0.2, 0.25) is 0 Å².